The van der Waals surface area contributed by atoms with Crippen molar-refractivity contribution in [2.24, 2.45) is 11.7 Å². The van der Waals surface area contributed by atoms with E-state index in [-0.39, 0.29) is 18.1 Å². The van der Waals surface area contributed by atoms with E-state index in [2.05, 4.69) is 36.9 Å². The Bertz CT molecular complexity index is 1340. The van der Waals surface area contributed by atoms with Gasteiger partial charge in [0.2, 0.25) is 5.91 Å². The lowest BCUT2D eigenvalue weighted by molar-refractivity contribution is 0.0647. The highest BCUT2D eigenvalue weighted by Gasteiger charge is 2.55. The van der Waals surface area contributed by atoms with Crippen LogP contribution in [-0.2, 0) is 6.42 Å². The molecule has 1 saturated heterocycles. The van der Waals surface area contributed by atoms with E-state index in [1.165, 1.54) is 11.1 Å². The second-order valence-corrected chi connectivity index (χ2v) is 11.5. The third-order valence-corrected chi connectivity index (χ3v) is 8.54. The fourth-order valence-corrected chi connectivity index (χ4v) is 6.98. The molecule has 3 heterocycles. The Balaban J connectivity index is 1.26. The molecule has 6 rings (SSSR count). The van der Waals surface area contributed by atoms with Gasteiger partial charge in [0.1, 0.15) is 17.5 Å². The van der Waals surface area contributed by atoms with Crippen LogP contribution < -0.4 is 10.5 Å². The van der Waals surface area contributed by atoms with Crippen molar-refractivity contribution in [3.63, 3.8) is 0 Å². The van der Waals surface area contributed by atoms with E-state index < -0.39 is 5.91 Å². The topological polar surface area (TPSA) is 85.5 Å². The maximum atomic E-state index is 14.0. The zero-order valence-electron chi connectivity index (χ0n) is 20.2. The van der Waals surface area contributed by atoms with E-state index in [0.29, 0.717) is 29.6 Å². The lowest BCUT2D eigenvalue weighted by atomic mass is 9.97. The minimum Gasteiger partial charge on any atom is -0.490 e. The summed E-state index contributed by atoms with van der Waals surface area (Å²) < 4.78 is 6.21. The summed E-state index contributed by atoms with van der Waals surface area (Å²) >= 11 is 1.59. The van der Waals surface area contributed by atoms with Crippen molar-refractivity contribution < 1.29 is 14.3 Å². The number of amides is 2. The van der Waals surface area contributed by atoms with Crippen LogP contribution in [0.5, 0.6) is 5.75 Å². The molecule has 7 heteroatoms. The Hall–Kier alpha value is -3.19. The van der Waals surface area contributed by atoms with Crippen molar-refractivity contribution in [2.75, 3.05) is 0 Å². The van der Waals surface area contributed by atoms with Gasteiger partial charge in [0.05, 0.1) is 9.88 Å². The smallest absolute Gasteiger partial charge is 0.274 e. The summed E-state index contributed by atoms with van der Waals surface area (Å²) in [6, 6.07) is 12.3. The number of fused-ring (bicyclic) bond motifs is 2. The van der Waals surface area contributed by atoms with E-state index >= 15 is 0 Å². The first kappa shape index (κ1) is 22.3. The van der Waals surface area contributed by atoms with Gasteiger partial charge in [0.25, 0.3) is 5.91 Å². The summed E-state index contributed by atoms with van der Waals surface area (Å²) in [6.07, 6.45) is 3.39. The van der Waals surface area contributed by atoms with Gasteiger partial charge in [0, 0.05) is 36.1 Å². The van der Waals surface area contributed by atoms with Crippen LogP contribution in [-0.4, -0.2) is 39.9 Å². The summed E-state index contributed by atoms with van der Waals surface area (Å²) in [7, 11) is 0. The number of aryl methyl sites for hydroxylation is 3. The standard InChI is InChI=1S/C28H29N3O3S/c1-14-7-15(2)9-18(8-14)26-25(30-16(3)35-26)28(33)31-19(10-17-11-23(17)31)12-20-13-22-21(27(29)32)5-4-6-24(22)34-20/h4-9,17,19-20,23H,10-13H2,1-3H3,(H2,29,32)/t17-,19+,20?,23+/m1/s1. The summed E-state index contributed by atoms with van der Waals surface area (Å²) in [5.74, 6) is 0.910. The van der Waals surface area contributed by atoms with Gasteiger partial charge >= 0.3 is 0 Å². The molecule has 4 atom stereocenters. The molecule has 1 aromatic heterocycles. The van der Waals surface area contributed by atoms with Crippen molar-refractivity contribution >= 4 is 23.2 Å². The minimum absolute atomic E-state index is 0.0341. The number of rotatable bonds is 5. The molecule has 1 saturated carbocycles. The molecular weight excluding hydrogens is 458 g/mol. The van der Waals surface area contributed by atoms with Gasteiger partial charge in [-0.05, 0) is 57.2 Å². The quantitative estimate of drug-likeness (QED) is 0.559. The first-order valence-corrected chi connectivity index (χ1v) is 13.1. The second kappa shape index (κ2) is 8.19. The highest BCUT2D eigenvalue weighted by Crippen LogP contribution is 2.50. The van der Waals surface area contributed by atoms with Crippen LogP contribution in [0.15, 0.2) is 36.4 Å². The summed E-state index contributed by atoms with van der Waals surface area (Å²) in [5.41, 5.74) is 11.0. The SMILES string of the molecule is Cc1cc(C)cc(-c2sc(C)nc2C(=O)N2[C@H](CC3Cc4c(cccc4C(N)=O)O3)C[C@@H]3C[C@@H]32)c1. The number of benzene rings is 2. The number of nitrogens with zero attached hydrogens (tertiary/aromatic N) is 2. The number of thiazole rings is 1. The van der Waals surface area contributed by atoms with Crippen molar-refractivity contribution in [1.82, 2.24) is 9.88 Å². The Labute approximate surface area is 209 Å². The molecule has 2 aromatic carbocycles. The summed E-state index contributed by atoms with van der Waals surface area (Å²) in [5, 5.41) is 0.902. The average molecular weight is 488 g/mol. The Morgan fingerprint density at radius 3 is 2.66 bits per heavy atom. The number of carbonyl (C=O) groups is 2. The molecule has 2 fully saturated rings. The average Bonchev–Trinajstić information content (AvgIpc) is 3.12. The molecule has 1 aliphatic carbocycles. The third kappa shape index (κ3) is 3.92. The Morgan fingerprint density at radius 2 is 1.91 bits per heavy atom. The van der Waals surface area contributed by atoms with Crippen LogP contribution in [0, 0.1) is 26.7 Å². The lowest BCUT2D eigenvalue weighted by Crippen LogP contribution is -2.41. The summed E-state index contributed by atoms with van der Waals surface area (Å²) in [4.78, 5) is 33.6. The molecular formula is C28H29N3O3S. The molecule has 35 heavy (non-hydrogen) atoms. The van der Waals surface area contributed by atoms with Gasteiger partial charge in [-0.1, -0.05) is 35.4 Å². The molecule has 0 bridgehead atoms. The second-order valence-electron chi connectivity index (χ2n) is 10.3. The molecule has 2 amide bonds. The number of hydrogen-bond donors (Lipinski definition) is 1. The van der Waals surface area contributed by atoms with Crippen molar-refractivity contribution in [3.8, 4) is 16.2 Å². The zero-order valence-corrected chi connectivity index (χ0v) is 21.0. The van der Waals surface area contributed by atoms with Crippen LogP contribution in [0.4, 0.5) is 0 Å². The molecule has 0 radical (unpaired) electrons. The number of primary amides is 1. The first-order valence-electron chi connectivity index (χ1n) is 12.3. The first-order chi connectivity index (χ1) is 16.8. The normalized spacial score (nSPS) is 24.1. The van der Waals surface area contributed by atoms with E-state index in [0.717, 1.165) is 46.0 Å². The van der Waals surface area contributed by atoms with Gasteiger partial charge in [-0.3, -0.25) is 9.59 Å². The fourth-order valence-electron chi connectivity index (χ4n) is 6.08. The maximum Gasteiger partial charge on any atom is 0.274 e. The zero-order chi connectivity index (χ0) is 24.4. The molecule has 3 aliphatic rings. The van der Waals surface area contributed by atoms with Crippen LogP contribution in [0.1, 0.15) is 61.8 Å². The molecule has 2 aliphatic heterocycles. The molecule has 3 aromatic rings. The van der Waals surface area contributed by atoms with Crippen LogP contribution in [0.25, 0.3) is 10.4 Å². The maximum absolute atomic E-state index is 14.0. The minimum atomic E-state index is -0.428. The largest absolute Gasteiger partial charge is 0.490 e. The number of likely N-dealkylation sites (tertiary alicyclic amines) is 1. The third-order valence-electron chi connectivity index (χ3n) is 7.52. The van der Waals surface area contributed by atoms with Crippen LogP contribution >= 0.6 is 11.3 Å². The number of piperidine rings is 1. The highest BCUT2D eigenvalue weighted by molar-refractivity contribution is 7.15. The number of nitrogens with two attached hydrogens (primary N) is 1. The van der Waals surface area contributed by atoms with Crippen molar-refractivity contribution in [1.29, 1.82) is 0 Å². The molecule has 2 N–H and O–H groups in total. The van der Waals surface area contributed by atoms with Gasteiger partial charge in [-0.25, -0.2) is 4.98 Å². The van der Waals surface area contributed by atoms with E-state index in [1.54, 1.807) is 23.5 Å². The monoisotopic (exact) mass is 487 g/mol. The fraction of sp³-hybridized carbons (Fsp3) is 0.393. The van der Waals surface area contributed by atoms with Crippen LogP contribution in [0.2, 0.25) is 0 Å². The predicted molar refractivity (Wildman–Crippen MR) is 136 cm³/mol. The number of ether oxygens (including phenoxy) is 1. The van der Waals surface area contributed by atoms with E-state index in [9.17, 15) is 9.59 Å². The molecule has 180 valence electrons. The van der Waals surface area contributed by atoms with Crippen molar-refractivity contribution in [3.05, 3.63) is 69.4 Å². The lowest BCUT2D eigenvalue weighted by Gasteiger charge is -2.29. The van der Waals surface area contributed by atoms with E-state index in [4.69, 9.17) is 15.5 Å². The molecule has 1 unspecified atom stereocenters. The predicted octanol–water partition coefficient (Wildman–Crippen LogP) is 4.83. The highest BCUT2D eigenvalue weighted by atomic mass is 32.1. The Morgan fingerprint density at radius 1 is 1.14 bits per heavy atom. The van der Waals surface area contributed by atoms with Crippen molar-refractivity contribution in [2.45, 2.75) is 64.6 Å². The molecule has 0 spiro atoms. The van der Waals surface area contributed by atoms with Gasteiger partial charge in [-0.2, -0.15) is 0 Å². The van der Waals surface area contributed by atoms with Gasteiger partial charge in [0.15, 0.2) is 0 Å². The van der Waals surface area contributed by atoms with E-state index in [1.807, 2.05) is 13.0 Å². The van der Waals surface area contributed by atoms with Gasteiger partial charge < -0.3 is 15.4 Å². The Kier molecular flexibility index (Phi) is 5.22. The molecule has 6 nitrogen and oxygen atoms in total. The van der Waals surface area contributed by atoms with Crippen LogP contribution in [0.3, 0.4) is 0 Å². The number of aromatic nitrogens is 1. The van der Waals surface area contributed by atoms with Gasteiger partial charge in [-0.15, -0.1) is 11.3 Å². The summed E-state index contributed by atoms with van der Waals surface area (Å²) in [6.45, 7) is 6.13. The number of carbonyl (C=O) groups excluding carboxylic acids is 2. The number of hydrogen-bond acceptors (Lipinski definition) is 5.